The smallest absolute Gasteiger partial charge is 0.222 e. The minimum atomic E-state index is -0.249. The third kappa shape index (κ3) is 3.09. The predicted octanol–water partition coefficient (Wildman–Crippen LogP) is 2.15. The number of thiazole rings is 1. The van der Waals surface area contributed by atoms with Gasteiger partial charge in [0, 0.05) is 23.0 Å². The van der Waals surface area contributed by atoms with Crippen LogP contribution in [0.4, 0.5) is 0 Å². The maximum absolute atomic E-state index is 11.9. The van der Waals surface area contributed by atoms with Gasteiger partial charge in [0.2, 0.25) is 5.91 Å². The van der Waals surface area contributed by atoms with Gasteiger partial charge < -0.3 is 11.1 Å². The first-order valence-electron chi connectivity index (χ1n) is 6.55. The zero-order valence-corrected chi connectivity index (χ0v) is 11.8. The second-order valence-electron chi connectivity index (χ2n) is 5.20. The van der Waals surface area contributed by atoms with Crippen molar-refractivity contribution in [1.82, 2.24) is 10.3 Å². The van der Waals surface area contributed by atoms with Gasteiger partial charge in [0.05, 0.1) is 6.04 Å². The molecule has 0 saturated heterocycles. The van der Waals surface area contributed by atoms with Crippen LogP contribution in [0, 0.1) is 0 Å². The Labute approximate surface area is 112 Å². The Balaban J connectivity index is 1.86. The molecule has 1 amide bonds. The molecule has 2 rings (SSSR count). The molecule has 1 atom stereocenters. The molecule has 100 valence electrons. The van der Waals surface area contributed by atoms with Crippen LogP contribution in [0.15, 0.2) is 6.20 Å². The fourth-order valence-electron chi connectivity index (χ4n) is 2.17. The number of nitrogens with zero attached hydrogens (tertiary/aromatic N) is 1. The molecule has 18 heavy (non-hydrogen) atoms. The monoisotopic (exact) mass is 267 g/mol. The van der Waals surface area contributed by atoms with Gasteiger partial charge in [0.1, 0.15) is 5.01 Å². The van der Waals surface area contributed by atoms with Crippen molar-refractivity contribution in [2.45, 2.75) is 57.5 Å². The first-order valence-corrected chi connectivity index (χ1v) is 7.37. The van der Waals surface area contributed by atoms with Crippen LogP contribution in [-0.4, -0.2) is 16.4 Å². The molecule has 1 saturated carbocycles. The Morgan fingerprint density at radius 1 is 1.67 bits per heavy atom. The van der Waals surface area contributed by atoms with E-state index in [1.807, 2.05) is 13.1 Å². The van der Waals surface area contributed by atoms with Gasteiger partial charge in [-0.25, -0.2) is 4.98 Å². The predicted molar refractivity (Wildman–Crippen MR) is 73.4 cm³/mol. The van der Waals surface area contributed by atoms with Crippen LogP contribution in [-0.2, 0) is 11.2 Å². The molecular weight excluding hydrogens is 246 g/mol. The average Bonchev–Trinajstić information content (AvgIpc) is 2.75. The number of nitrogens with two attached hydrogens (primary N) is 1. The maximum Gasteiger partial charge on any atom is 0.222 e. The van der Waals surface area contributed by atoms with Gasteiger partial charge in [-0.2, -0.15) is 0 Å². The van der Waals surface area contributed by atoms with Gasteiger partial charge in [-0.15, -0.1) is 11.3 Å². The topological polar surface area (TPSA) is 68.0 Å². The SMILES string of the molecule is CCc1cnc(C(C)NC(=O)CC2(N)CCC2)s1. The molecule has 1 aliphatic rings. The maximum atomic E-state index is 11.9. The van der Waals surface area contributed by atoms with Crippen LogP contribution in [0.5, 0.6) is 0 Å². The van der Waals surface area contributed by atoms with E-state index in [1.165, 1.54) is 4.88 Å². The van der Waals surface area contributed by atoms with Crippen LogP contribution < -0.4 is 11.1 Å². The molecule has 0 bridgehead atoms. The fourth-order valence-corrected chi connectivity index (χ4v) is 3.03. The normalized spacial score (nSPS) is 19.1. The van der Waals surface area contributed by atoms with Crippen LogP contribution in [0.1, 0.15) is 55.5 Å². The lowest BCUT2D eigenvalue weighted by atomic mass is 9.75. The van der Waals surface area contributed by atoms with Gasteiger partial charge in [-0.05, 0) is 32.6 Å². The number of carbonyl (C=O) groups excluding carboxylic acids is 1. The number of nitrogens with one attached hydrogen (secondary N) is 1. The number of aryl methyl sites for hydroxylation is 1. The summed E-state index contributed by atoms with van der Waals surface area (Å²) in [6, 6.07) is -0.0218. The zero-order chi connectivity index (χ0) is 13.2. The van der Waals surface area contributed by atoms with Crippen molar-refractivity contribution < 1.29 is 4.79 Å². The van der Waals surface area contributed by atoms with Gasteiger partial charge in [0.25, 0.3) is 0 Å². The van der Waals surface area contributed by atoms with Crippen LogP contribution in [0.3, 0.4) is 0 Å². The highest BCUT2D eigenvalue weighted by Crippen LogP contribution is 2.32. The number of aromatic nitrogens is 1. The molecule has 1 aliphatic carbocycles. The van der Waals surface area contributed by atoms with Crippen molar-refractivity contribution in [2.24, 2.45) is 5.73 Å². The molecule has 1 aromatic rings. The first kappa shape index (κ1) is 13.5. The summed E-state index contributed by atoms with van der Waals surface area (Å²) in [7, 11) is 0. The van der Waals surface area contributed by atoms with E-state index in [9.17, 15) is 4.79 Å². The Bertz CT molecular complexity index is 426. The second kappa shape index (κ2) is 5.36. The largest absolute Gasteiger partial charge is 0.347 e. The molecule has 1 heterocycles. The lowest BCUT2D eigenvalue weighted by Gasteiger charge is -2.37. The summed E-state index contributed by atoms with van der Waals surface area (Å²) >= 11 is 1.66. The van der Waals surface area contributed by atoms with E-state index in [-0.39, 0.29) is 17.5 Å². The highest BCUT2D eigenvalue weighted by atomic mass is 32.1. The van der Waals surface area contributed by atoms with E-state index < -0.39 is 0 Å². The summed E-state index contributed by atoms with van der Waals surface area (Å²) in [6.45, 7) is 4.08. The summed E-state index contributed by atoms with van der Waals surface area (Å²) in [5.41, 5.74) is 5.82. The quantitative estimate of drug-likeness (QED) is 0.859. The lowest BCUT2D eigenvalue weighted by Crippen LogP contribution is -2.50. The fraction of sp³-hybridized carbons (Fsp3) is 0.692. The molecule has 0 aliphatic heterocycles. The summed E-state index contributed by atoms with van der Waals surface area (Å²) in [6.07, 6.45) is 6.39. The summed E-state index contributed by atoms with van der Waals surface area (Å²) in [5.74, 6) is 0.0398. The van der Waals surface area contributed by atoms with Crippen LogP contribution in [0.2, 0.25) is 0 Å². The van der Waals surface area contributed by atoms with E-state index in [2.05, 4.69) is 17.2 Å². The van der Waals surface area contributed by atoms with E-state index in [4.69, 9.17) is 5.73 Å². The van der Waals surface area contributed by atoms with Crippen molar-refractivity contribution in [3.8, 4) is 0 Å². The Hall–Kier alpha value is -0.940. The number of carbonyl (C=O) groups is 1. The van der Waals surface area contributed by atoms with Crippen molar-refractivity contribution in [2.75, 3.05) is 0 Å². The van der Waals surface area contributed by atoms with Crippen molar-refractivity contribution in [3.05, 3.63) is 16.1 Å². The highest BCUT2D eigenvalue weighted by molar-refractivity contribution is 7.11. The number of hydrogen-bond acceptors (Lipinski definition) is 4. The molecular formula is C13H21N3OS. The number of hydrogen-bond donors (Lipinski definition) is 2. The van der Waals surface area contributed by atoms with Gasteiger partial charge in [-0.1, -0.05) is 6.92 Å². The van der Waals surface area contributed by atoms with Gasteiger partial charge in [0.15, 0.2) is 0 Å². The Morgan fingerprint density at radius 2 is 2.39 bits per heavy atom. The Kier molecular flexibility index (Phi) is 4.02. The van der Waals surface area contributed by atoms with Crippen molar-refractivity contribution in [3.63, 3.8) is 0 Å². The molecule has 0 spiro atoms. The second-order valence-corrected chi connectivity index (χ2v) is 6.35. The molecule has 1 unspecified atom stereocenters. The number of amides is 1. The standard InChI is InChI=1S/C13H21N3OS/c1-3-10-8-15-12(18-10)9(2)16-11(17)7-13(14)5-4-6-13/h8-9H,3-7,14H2,1-2H3,(H,16,17). The number of rotatable bonds is 5. The summed E-state index contributed by atoms with van der Waals surface area (Å²) in [4.78, 5) is 17.5. The van der Waals surface area contributed by atoms with Crippen LogP contribution in [0.25, 0.3) is 0 Å². The molecule has 5 heteroatoms. The van der Waals surface area contributed by atoms with E-state index in [0.29, 0.717) is 6.42 Å². The minimum absolute atomic E-state index is 0.0218. The van der Waals surface area contributed by atoms with Crippen LogP contribution >= 0.6 is 11.3 Å². The highest BCUT2D eigenvalue weighted by Gasteiger charge is 2.34. The van der Waals surface area contributed by atoms with Gasteiger partial charge in [-0.3, -0.25) is 4.79 Å². The molecule has 4 nitrogen and oxygen atoms in total. The Morgan fingerprint density at radius 3 is 2.89 bits per heavy atom. The first-order chi connectivity index (χ1) is 8.52. The van der Waals surface area contributed by atoms with E-state index in [0.717, 1.165) is 30.7 Å². The molecule has 0 aromatic carbocycles. The van der Waals surface area contributed by atoms with Crippen molar-refractivity contribution in [1.29, 1.82) is 0 Å². The van der Waals surface area contributed by atoms with Crippen molar-refractivity contribution >= 4 is 17.2 Å². The third-order valence-corrected chi connectivity index (χ3v) is 4.85. The molecule has 3 N–H and O–H groups in total. The molecule has 1 fully saturated rings. The molecule has 1 aromatic heterocycles. The van der Waals surface area contributed by atoms with E-state index >= 15 is 0 Å². The summed E-state index contributed by atoms with van der Waals surface area (Å²) < 4.78 is 0. The van der Waals surface area contributed by atoms with E-state index in [1.54, 1.807) is 11.3 Å². The zero-order valence-electron chi connectivity index (χ0n) is 11.0. The lowest BCUT2D eigenvalue weighted by molar-refractivity contribution is -0.123. The molecule has 0 radical (unpaired) electrons. The summed E-state index contributed by atoms with van der Waals surface area (Å²) in [5, 5.41) is 3.96. The minimum Gasteiger partial charge on any atom is -0.347 e. The average molecular weight is 267 g/mol. The third-order valence-electron chi connectivity index (χ3n) is 3.53. The van der Waals surface area contributed by atoms with Gasteiger partial charge >= 0.3 is 0 Å².